The number of benzene rings is 1. The first-order valence-corrected chi connectivity index (χ1v) is 7.52. The zero-order valence-corrected chi connectivity index (χ0v) is 13.8. The van der Waals surface area contributed by atoms with Crippen molar-refractivity contribution in [2.24, 2.45) is 0 Å². The van der Waals surface area contributed by atoms with Gasteiger partial charge in [-0.05, 0) is 30.6 Å². The summed E-state index contributed by atoms with van der Waals surface area (Å²) in [6.07, 6.45) is 10.0. The van der Waals surface area contributed by atoms with Gasteiger partial charge < -0.3 is 4.74 Å². The molecule has 0 unspecified atom stereocenters. The summed E-state index contributed by atoms with van der Waals surface area (Å²) in [5.41, 5.74) is 3.56. The Balaban J connectivity index is 0.00000191. The fraction of sp³-hybridized carbons (Fsp3) is 0.300. The third kappa shape index (κ3) is 8.83. The van der Waals surface area contributed by atoms with E-state index in [4.69, 9.17) is 4.74 Å². The van der Waals surface area contributed by atoms with Crippen LogP contribution in [0.1, 0.15) is 33.3 Å². The standard InChI is InChI=1S/C18H22O.C2H6/c1-4-9-16(3)18(10-5-2)13-14-19-15-17-11-7-6-8-12-17;1-2/h4-13H,1,14-15H2,2-3H3;1-2H3/b10-5-,16-9-,18-13-;. The first kappa shape index (κ1) is 19.1. The maximum Gasteiger partial charge on any atom is 0.0721 e. The predicted molar refractivity (Wildman–Crippen MR) is 94.3 cm³/mol. The summed E-state index contributed by atoms with van der Waals surface area (Å²) in [6.45, 7) is 13.1. The van der Waals surface area contributed by atoms with Crippen molar-refractivity contribution in [2.75, 3.05) is 6.61 Å². The summed E-state index contributed by atoms with van der Waals surface area (Å²) >= 11 is 0. The molecule has 0 aliphatic heterocycles. The number of allylic oxidation sites excluding steroid dienone is 6. The molecule has 1 heteroatoms. The summed E-state index contributed by atoms with van der Waals surface area (Å²) < 4.78 is 5.66. The van der Waals surface area contributed by atoms with Crippen LogP contribution in [0.3, 0.4) is 0 Å². The highest BCUT2D eigenvalue weighted by atomic mass is 16.5. The van der Waals surface area contributed by atoms with Gasteiger partial charge in [-0.1, -0.05) is 81.1 Å². The summed E-state index contributed by atoms with van der Waals surface area (Å²) in [5.74, 6) is 0. The normalized spacial score (nSPS) is 12.0. The molecule has 1 aromatic carbocycles. The minimum atomic E-state index is 0.608. The maximum absolute atomic E-state index is 5.66. The van der Waals surface area contributed by atoms with E-state index in [1.165, 1.54) is 16.7 Å². The van der Waals surface area contributed by atoms with E-state index >= 15 is 0 Å². The van der Waals surface area contributed by atoms with Gasteiger partial charge in [0.2, 0.25) is 0 Å². The summed E-state index contributed by atoms with van der Waals surface area (Å²) in [4.78, 5) is 0. The minimum absolute atomic E-state index is 0.608. The van der Waals surface area contributed by atoms with Gasteiger partial charge in [-0.25, -0.2) is 0 Å². The van der Waals surface area contributed by atoms with Crippen LogP contribution in [0.5, 0.6) is 0 Å². The lowest BCUT2D eigenvalue weighted by Gasteiger charge is -2.04. The average Bonchev–Trinajstić information content (AvgIpc) is 2.53. The van der Waals surface area contributed by atoms with Crippen molar-refractivity contribution in [1.29, 1.82) is 0 Å². The molecule has 1 nitrogen and oxygen atoms in total. The Morgan fingerprint density at radius 2 is 1.86 bits per heavy atom. The zero-order chi connectivity index (χ0) is 15.9. The Kier molecular flexibility index (Phi) is 12.0. The van der Waals surface area contributed by atoms with Gasteiger partial charge in [0.25, 0.3) is 0 Å². The first-order valence-electron chi connectivity index (χ1n) is 7.52. The van der Waals surface area contributed by atoms with E-state index in [2.05, 4.69) is 37.8 Å². The van der Waals surface area contributed by atoms with Crippen LogP contribution < -0.4 is 0 Å². The molecule has 1 aromatic rings. The van der Waals surface area contributed by atoms with E-state index in [0.717, 1.165) is 0 Å². The monoisotopic (exact) mass is 284 g/mol. The Hall–Kier alpha value is -1.86. The van der Waals surface area contributed by atoms with Crippen molar-refractivity contribution in [3.05, 3.63) is 84.0 Å². The van der Waals surface area contributed by atoms with E-state index < -0.39 is 0 Å². The van der Waals surface area contributed by atoms with Crippen LogP contribution in [0, 0.1) is 0 Å². The van der Waals surface area contributed by atoms with Gasteiger partial charge >= 0.3 is 0 Å². The molecule has 21 heavy (non-hydrogen) atoms. The van der Waals surface area contributed by atoms with Gasteiger partial charge in [0.15, 0.2) is 0 Å². The number of ether oxygens (including phenoxy) is 1. The smallest absolute Gasteiger partial charge is 0.0721 e. The highest BCUT2D eigenvalue weighted by Gasteiger charge is 1.95. The Morgan fingerprint density at radius 3 is 2.43 bits per heavy atom. The van der Waals surface area contributed by atoms with Crippen LogP contribution in [0.4, 0.5) is 0 Å². The van der Waals surface area contributed by atoms with E-state index in [0.29, 0.717) is 13.2 Å². The second-order valence-electron chi connectivity index (χ2n) is 4.25. The fourth-order valence-electron chi connectivity index (χ4n) is 1.71. The molecular weight excluding hydrogens is 256 g/mol. The van der Waals surface area contributed by atoms with E-state index in [9.17, 15) is 0 Å². The lowest BCUT2D eigenvalue weighted by atomic mass is 10.1. The van der Waals surface area contributed by atoms with Crippen LogP contribution in [-0.2, 0) is 11.3 Å². The van der Waals surface area contributed by atoms with Gasteiger partial charge in [-0.3, -0.25) is 0 Å². The molecule has 0 fully saturated rings. The molecule has 0 spiro atoms. The highest BCUT2D eigenvalue weighted by Crippen LogP contribution is 2.11. The quantitative estimate of drug-likeness (QED) is 0.450. The summed E-state index contributed by atoms with van der Waals surface area (Å²) in [6, 6.07) is 10.2. The van der Waals surface area contributed by atoms with Crippen molar-refractivity contribution in [3.63, 3.8) is 0 Å². The molecule has 0 aliphatic rings. The number of hydrogen-bond donors (Lipinski definition) is 0. The SMILES string of the molecule is C=C\C=C(C)/C(/C=C\C)=C\COCc1ccccc1.CC. The molecule has 0 heterocycles. The average molecular weight is 284 g/mol. The largest absolute Gasteiger partial charge is 0.373 e. The Labute approximate surface area is 130 Å². The van der Waals surface area contributed by atoms with Gasteiger partial charge in [-0.15, -0.1) is 0 Å². The third-order valence-corrected chi connectivity index (χ3v) is 2.70. The molecule has 0 aliphatic carbocycles. The number of hydrogen-bond acceptors (Lipinski definition) is 1. The molecule has 0 bridgehead atoms. The predicted octanol–water partition coefficient (Wildman–Crippen LogP) is 5.86. The maximum atomic E-state index is 5.66. The van der Waals surface area contributed by atoms with Crippen molar-refractivity contribution in [1.82, 2.24) is 0 Å². The highest BCUT2D eigenvalue weighted by molar-refractivity contribution is 5.39. The van der Waals surface area contributed by atoms with Gasteiger partial charge in [0, 0.05) is 0 Å². The van der Waals surface area contributed by atoms with Crippen molar-refractivity contribution < 1.29 is 4.74 Å². The third-order valence-electron chi connectivity index (χ3n) is 2.70. The van der Waals surface area contributed by atoms with Gasteiger partial charge in [0.1, 0.15) is 0 Å². The second kappa shape index (κ2) is 13.1. The van der Waals surface area contributed by atoms with Crippen LogP contribution in [0.2, 0.25) is 0 Å². The van der Waals surface area contributed by atoms with E-state index in [1.54, 1.807) is 6.08 Å². The molecule has 0 aromatic heterocycles. The Bertz CT molecular complexity index is 464. The summed E-state index contributed by atoms with van der Waals surface area (Å²) in [5, 5.41) is 0. The molecule has 0 radical (unpaired) electrons. The van der Waals surface area contributed by atoms with Crippen LogP contribution >= 0.6 is 0 Å². The van der Waals surface area contributed by atoms with Crippen molar-refractivity contribution in [3.8, 4) is 0 Å². The lowest BCUT2D eigenvalue weighted by Crippen LogP contribution is -1.94. The van der Waals surface area contributed by atoms with Crippen LogP contribution in [0.15, 0.2) is 78.4 Å². The molecular formula is C20H28O. The van der Waals surface area contributed by atoms with Crippen molar-refractivity contribution in [2.45, 2.75) is 34.3 Å². The second-order valence-corrected chi connectivity index (χ2v) is 4.25. The molecule has 0 saturated heterocycles. The van der Waals surface area contributed by atoms with Crippen LogP contribution in [0.25, 0.3) is 0 Å². The lowest BCUT2D eigenvalue weighted by molar-refractivity contribution is 0.148. The van der Waals surface area contributed by atoms with Crippen LogP contribution in [-0.4, -0.2) is 6.61 Å². The van der Waals surface area contributed by atoms with E-state index in [-0.39, 0.29) is 0 Å². The molecule has 0 atom stereocenters. The molecule has 0 saturated carbocycles. The minimum Gasteiger partial charge on any atom is -0.373 e. The van der Waals surface area contributed by atoms with Gasteiger partial charge in [0.05, 0.1) is 13.2 Å². The Morgan fingerprint density at radius 1 is 1.19 bits per heavy atom. The molecule has 0 amide bonds. The fourth-order valence-corrected chi connectivity index (χ4v) is 1.71. The molecule has 0 N–H and O–H groups in total. The van der Waals surface area contributed by atoms with Crippen molar-refractivity contribution >= 4 is 0 Å². The first-order chi connectivity index (χ1) is 10.3. The summed E-state index contributed by atoms with van der Waals surface area (Å²) in [7, 11) is 0. The number of rotatable bonds is 7. The topological polar surface area (TPSA) is 9.23 Å². The molecule has 114 valence electrons. The van der Waals surface area contributed by atoms with Gasteiger partial charge in [-0.2, -0.15) is 0 Å². The van der Waals surface area contributed by atoms with E-state index in [1.807, 2.05) is 51.1 Å². The molecule has 1 rings (SSSR count). The zero-order valence-electron chi connectivity index (χ0n) is 13.8.